The molecule has 3 rings (SSSR count). The van der Waals surface area contributed by atoms with Crippen LogP contribution in [-0.4, -0.2) is 23.4 Å². The molecule has 1 unspecified atom stereocenters. The van der Waals surface area contributed by atoms with E-state index in [9.17, 15) is 4.79 Å². The van der Waals surface area contributed by atoms with E-state index >= 15 is 0 Å². The number of carbonyl (C=O) groups excluding carboxylic acids is 1. The minimum Gasteiger partial charge on any atom is -0.335 e. The number of thiophene rings is 1. The van der Waals surface area contributed by atoms with Gasteiger partial charge in [-0.3, -0.25) is 4.79 Å². The molecule has 1 amide bonds. The van der Waals surface area contributed by atoms with Gasteiger partial charge in [0, 0.05) is 22.5 Å². The molecule has 0 N–H and O–H groups in total. The van der Waals surface area contributed by atoms with E-state index in [2.05, 4.69) is 6.92 Å². The van der Waals surface area contributed by atoms with Crippen molar-refractivity contribution in [2.24, 2.45) is 0 Å². The lowest BCUT2D eigenvalue weighted by molar-refractivity contribution is 0.0640. The number of hydrogen-bond acceptors (Lipinski definition) is 2. The highest BCUT2D eigenvalue weighted by atomic mass is 35.5. The van der Waals surface area contributed by atoms with E-state index in [4.69, 9.17) is 11.6 Å². The smallest absolute Gasteiger partial charge is 0.264 e. The zero-order chi connectivity index (χ0) is 14.8. The van der Waals surface area contributed by atoms with Gasteiger partial charge < -0.3 is 4.90 Å². The lowest BCUT2D eigenvalue weighted by Crippen LogP contribution is -2.41. The second-order valence-corrected chi connectivity index (χ2v) is 7.03. The predicted molar refractivity (Wildman–Crippen MR) is 89.1 cm³/mol. The Kier molecular flexibility index (Phi) is 4.32. The molecule has 1 aliphatic rings. The van der Waals surface area contributed by atoms with E-state index in [0.717, 1.165) is 39.7 Å². The average molecular weight is 320 g/mol. The van der Waals surface area contributed by atoms with Crippen molar-refractivity contribution in [2.75, 3.05) is 6.54 Å². The third-order valence-corrected chi connectivity index (χ3v) is 5.38. The first kappa shape index (κ1) is 14.6. The highest BCUT2D eigenvalue weighted by molar-refractivity contribution is 7.17. The molecule has 2 aromatic rings. The molecule has 1 aromatic heterocycles. The second kappa shape index (κ2) is 6.20. The maximum atomic E-state index is 12.6. The van der Waals surface area contributed by atoms with Crippen molar-refractivity contribution >= 4 is 28.8 Å². The van der Waals surface area contributed by atoms with Crippen LogP contribution in [0.3, 0.4) is 0 Å². The van der Waals surface area contributed by atoms with Crippen LogP contribution in [0.15, 0.2) is 36.4 Å². The van der Waals surface area contributed by atoms with Crippen LogP contribution in [0.25, 0.3) is 10.4 Å². The van der Waals surface area contributed by atoms with Gasteiger partial charge in [0.05, 0.1) is 4.88 Å². The lowest BCUT2D eigenvalue weighted by Gasteiger charge is -2.33. The zero-order valence-electron chi connectivity index (χ0n) is 12.0. The minimum atomic E-state index is 0.174. The average Bonchev–Trinajstić information content (AvgIpc) is 2.98. The van der Waals surface area contributed by atoms with E-state index < -0.39 is 0 Å². The molecule has 21 heavy (non-hydrogen) atoms. The van der Waals surface area contributed by atoms with Crippen LogP contribution in [0.1, 0.15) is 35.9 Å². The largest absolute Gasteiger partial charge is 0.335 e. The van der Waals surface area contributed by atoms with E-state index in [1.54, 1.807) is 11.3 Å². The van der Waals surface area contributed by atoms with Gasteiger partial charge in [0.15, 0.2) is 0 Å². The normalized spacial score (nSPS) is 18.8. The zero-order valence-corrected chi connectivity index (χ0v) is 13.6. The fourth-order valence-electron chi connectivity index (χ4n) is 2.76. The third kappa shape index (κ3) is 3.14. The Morgan fingerprint density at radius 3 is 2.67 bits per heavy atom. The Hall–Kier alpha value is -1.32. The van der Waals surface area contributed by atoms with Gasteiger partial charge >= 0.3 is 0 Å². The Bertz CT molecular complexity index is 634. The van der Waals surface area contributed by atoms with Crippen molar-refractivity contribution < 1.29 is 4.79 Å². The molecule has 2 nitrogen and oxygen atoms in total. The first-order valence-corrected chi connectivity index (χ1v) is 8.51. The number of benzene rings is 1. The van der Waals surface area contributed by atoms with Crippen LogP contribution >= 0.6 is 22.9 Å². The van der Waals surface area contributed by atoms with Gasteiger partial charge in [-0.1, -0.05) is 23.7 Å². The van der Waals surface area contributed by atoms with Crippen LogP contribution < -0.4 is 0 Å². The standard InChI is InChI=1S/C17H18ClNOS/c1-12-4-2-3-11-19(12)17(20)16-10-9-15(21-16)13-5-7-14(18)8-6-13/h5-10,12H,2-4,11H2,1H3. The fraction of sp³-hybridized carbons (Fsp3) is 0.353. The Labute approximate surface area is 134 Å². The molecule has 0 aliphatic carbocycles. The summed E-state index contributed by atoms with van der Waals surface area (Å²) in [5.74, 6) is 0.174. The molecule has 110 valence electrons. The Morgan fingerprint density at radius 2 is 1.95 bits per heavy atom. The summed E-state index contributed by atoms with van der Waals surface area (Å²) in [4.78, 5) is 16.6. The number of piperidine rings is 1. The molecule has 4 heteroatoms. The van der Waals surface area contributed by atoms with Crippen LogP contribution in [-0.2, 0) is 0 Å². The van der Waals surface area contributed by atoms with E-state index in [0.29, 0.717) is 6.04 Å². The maximum Gasteiger partial charge on any atom is 0.264 e. The van der Waals surface area contributed by atoms with Crippen LogP contribution in [0.5, 0.6) is 0 Å². The van der Waals surface area contributed by atoms with Crippen LogP contribution in [0.4, 0.5) is 0 Å². The van der Waals surface area contributed by atoms with Gasteiger partial charge in [0.25, 0.3) is 5.91 Å². The molecule has 1 aromatic carbocycles. The summed E-state index contributed by atoms with van der Waals surface area (Å²) in [7, 11) is 0. The van der Waals surface area contributed by atoms with E-state index in [-0.39, 0.29) is 5.91 Å². The van der Waals surface area contributed by atoms with Gasteiger partial charge in [-0.15, -0.1) is 11.3 Å². The molecule has 0 bridgehead atoms. The molecule has 0 radical (unpaired) electrons. The van der Waals surface area contributed by atoms with E-state index in [1.807, 2.05) is 41.3 Å². The molecular formula is C17H18ClNOS. The molecule has 2 heterocycles. The molecule has 1 aliphatic heterocycles. The number of carbonyl (C=O) groups is 1. The second-order valence-electron chi connectivity index (χ2n) is 5.51. The number of hydrogen-bond donors (Lipinski definition) is 0. The van der Waals surface area contributed by atoms with E-state index in [1.165, 1.54) is 6.42 Å². The summed E-state index contributed by atoms with van der Waals surface area (Å²) >= 11 is 7.48. The van der Waals surface area contributed by atoms with Crippen molar-refractivity contribution in [2.45, 2.75) is 32.2 Å². The summed E-state index contributed by atoms with van der Waals surface area (Å²) in [5.41, 5.74) is 1.11. The molecule has 1 saturated heterocycles. The van der Waals surface area contributed by atoms with Crippen LogP contribution in [0, 0.1) is 0 Å². The SMILES string of the molecule is CC1CCCCN1C(=O)c1ccc(-c2ccc(Cl)cc2)s1. The first-order chi connectivity index (χ1) is 10.1. The summed E-state index contributed by atoms with van der Waals surface area (Å²) in [6.45, 7) is 3.03. The Morgan fingerprint density at radius 1 is 1.19 bits per heavy atom. The van der Waals surface area contributed by atoms with Crippen molar-refractivity contribution in [1.29, 1.82) is 0 Å². The summed E-state index contributed by atoms with van der Waals surface area (Å²) in [6, 6.07) is 12.1. The Balaban J connectivity index is 1.81. The van der Waals surface area contributed by atoms with Gasteiger partial charge in [-0.25, -0.2) is 0 Å². The van der Waals surface area contributed by atoms with Gasteiger partial charge in [0.2, 0.25) is 0 Å². The lowest BCUT2D eigenvalue weighted by atomic mass is 10.0. The fourth-order valence-corrected chi connectivity index (χ4v) is 3.86. The highest BCUT2D eigenvalue weighted by Gasteiger charge is 2.25. The molecule has 1 fully saturated rings. The van der Waals surface area contributed by atoms with Gasteiger partial charge in [-0.05, 0) is 56.0 Å². The summed E-state index contributed by atoms with van der Waals surface area (Å²) in [6.07, 6.45) is 3.46. The summed E-state index contributed by atoms with van der Waals surface area (Å²) < 4.78 is 0. The van der Waals surface area contributed by atoms with Crippen molar-refractivity contribution in [3.63, 3.8) is 0 Å². The molecule has 0 spiro atoms. The molecule has 1 atom stereocenters. The number of likely N-dealkylation sites (tertiary alicyclic amines) is 1. The van der Waals surface area contributed by atoms with Gasteiger partial charge in [-0.2, -0.15) is 0 Å². The topological polar surface area (TPSA) is 20.3 Å². The number of amides is 1. The van der Waals surface area contributed by atoms with Crippen molar-refractivity contribution in [1.82, 2.24) is 4.90 Å². The monoisotopic (exact) mass is 319 g/mol. The third-order valence-electron chi connectivity index (χ3n) is 4.01. The maximum absolute atomic E-state index is 12.6. The highest BCUT2D eigenvalue weighted by Crippen LogP contribution is 2.30. The van der Waals surface area contributed by atoms with Gasteiger partial charge in [0.1, 0.15) is 0 Å². The van der Waals surface area contributed by atoms with Crippen LogP contribution in [0.2, 0.25) is 5.02 Å². The van der Waals surface area contributed by atoms with Crippen molar-refractivity contribution in [3.05, 3.63) is 46.3 Å². The number of halogens is 1. The molecular weight excluding hydrogens is 302 g/mol. The molecule has 0 saturated carbocycles. The number of rotatable bonds is 2. The summed E-state index contributed by atoms with van der Waals surface area (Å²) in [5, 5.41) is 0.730. The predicted octanol–water partition coefficient (Wildman–Crippen LogP) is 5.08. The first-order valence-electron chi connectivity index (χ1n) is 7.32. The quantitative estimate of drug-likeness (QED) is 0.755. The number of nitrogens with zero attached hydrogens (tertiary/aromatic N) is 1. The minimum absolute atomic E-state index is 0.174. The van der Waals surface area contributed by atoms with Crippen molar-refractivity contribution in [3.8, 4) is 10.4 Å².